The van der Waals surface area contributed by atoms with Crippen LogP contribution in [0.2, 0.25) is 0 Å². The van der Waals surface area contributed by atoms with Gasteiger partial charge in [-0.1, -0.05) is 30.3 Å². The first-order chi connectivity index (χ1) is 21.5. The Labute approximate surface area is 257 Å². The molecule has 3 aromatic rings. The lowest BCUT2D eigenvalue weighted by atomic mass is 10.1. The van der Waals surface area contributed by atoms with Gasteiger partial charge in [-0.3, -0.25) is 24.0 Å². The maximum absolute atomic E-state index is 13.5. The summed E-state index contributed by atoms with van der Waals surface area (Å²) in [7, 11) is 0. The number of Topliss-reactive ketones (excluding diaryl/α,β-unsaturated/α-hetero) is 1. The molecule has 0 saturated carbocycles. The fraction of sp³-hybridized carbons (Fsp3) is 0.367. The van der Waals surface area contributed by atoms with Gasteiger partial charge < -0.3 is 25.7 Å². The lowest BCUT2D eigenvalue weighted by Gasteiger charge is -2.30. The van der Waals surface area contributed by atoms with Gasteiger partial charge in [0.05, 0.1) is 18.0 Å². The van der Waals surface area contributed by atoms with Crippen LogP contribution < -0.4 is 10.6 Å². The van der Waals surface area contributed by atoms with Crippen molar-refractivity contribution in [2.24, 2.45) is 0 Å². The zero-order valence-electron chi connectivity index (χ0n) is 24.5. The molecule has 45 heavy (non-hydrogen) atoms. The van der Waals surface area contributed by atoms with Gasteiger partial charge in [-0.25, -0.2) is 9.48 Å². The van der Waals surface area contributed by atoms with Gasteiger partial charge in [0.1, 0.15) is 18.6 Å². The lowest BCUT2D eigenvalue weighted by molar-refractivity contribution is -0.143. The number of benzene rings is 2. The summed E-state index contributed by atoms with van der Waals surface area (Å²) in [6.45, 7) is 1.29. The van der Waals surface area contributed by atoms with Crippen LogP contribution in [-0.4, -0.2) is 95.4 Å². The number of ketones is 1. The van der Waals surface area contributed by atoms with E-state index in [0.717, 1.165) is 5.56 Å². The molecule has 0 bridgehead atoms. The fourth-order valence-electron chi connectivity index (χ4n) is 4.95. The highest BCUT2D eigenvalue weighted by Gasteiger charge is 2.35. The Balaban J connectivity index is 1.41. The average molecular weight is 620 g/mol. The number of aromatic carboxylic acids is 1. The maximum Gasteiger partial charge on any atom is 0.335 e. The molecule has 1 aliphatic rings. The molecule has 1 aliphatic heterocycles. The Morgan fingerprint density at radius 2 is 1.67 bits per heavy atom. The standard InChI is InChI=1S/C30H33N7O8/c1-18(36-14-6-5-9-22(29(36)43)31-28(42)20-10-12-21(13-11-20)30(44)45)27(41)32-23(16-26(39)40)24(38)17-37-25(33-34-35-37)15-19-7-3-2-4-8-19/h2-4,7-8,10-13,18,22-23H,5-6,9,14-17H2,1H3,(H,31,42)(H,32,41)(H,39,40)(H,44,45)/t18?,22-,23?/m0/s1. The van der Waals surface area contributed by atoms with E-state index < -0.39 is 60.0 Å². The zero-order chi connectivity index (χ0) is 32.5. The Hall–Kier alpha value is -5.47. The van der Waals surface area contributed by atoms with Gasteiger partial charge >= 0.3 is 11.9 Å². The number of carboxylic acid groups (broad SMARTS) is 2. The molecule has 3 atom stereocenters. The molecule has 15 heteroatoms. The number of aliphatic carboxylic acids is 1. The summed E-state index contributed by atoms with van der Waals surface area (Å²) < 4.78 is 1.25. The van der Waals surface area contributed by atoms with Gasteiger partial charge in [0.2, 0.25) is 11.8 Å². The molecular weight excluding hydrogens is 586 g/mol. The van der Waals surface area contributed by atoms with Crippen molar-refractivity contribution in [1.29, 1.82) is 0 Å². The molecule has 0 aliphatic carbocycles. The predicted molar refractivity (Wildman–Crippen MR) is 156 cm³/mol. The molecule has 0 spiro atoms. The molecule has 2 unspecified atom stereocenters. The minimum atomic E-state index is -1.42. The number of carboxylic acids is 2. The number of hydrogen-bond donors (Lipinski definition) is 4. The first kappa shape index (κ1) is 32.4. The minimum absolute atomic E-state index is 0.00775. The van der Waals surface area contributed by atoms with E-state index >= 15 is 0 Å². The van der Waals surface area contributed by atoms with E-state index in [1.165, 1.54) is 40.8 Å². The van der Waals surface area contributed by atoms with Crippen LogP contribution in [0.1, 0.15) is 64.7 Å². The highest BCUT2D eigenvalue weighted by atomic mass is 16.4. The van der Waals surface area contributed by atoms with Crippen LogP contribution >= 0.6 is 0 Å². The van der Waals surface area contributed by atoms with Crippen molar-refractivity contribution in [1.82, 2.24) is 35.7 Å². The molecule has 15 nitrogen and oxygen atoms in total. The number of amides is 3. The van der Waals surface area contributed by atoms with Crippen LogP contribution in [0.5, 0.6) is 0 Å². The second-order valence-electron chi connectivity index (χ2n) is 10.7. The van der Waals surface area contributed by atoms with Crippen molar-refractivity contribution in [2.75, 3.05) is 6.54 Å². The van der Waals surface area contributed by atoms with E-state index in [4.69, 9.17) is 5.11 Å². The monoisotopic (exact) mass is 619 g/mol. The predicted octanol–water partition coefficient (Wildman–Crippen LogP) is 0.690. The number of aromatic nitrogens is 4. The number of nitrogens with one attached hydrogen (secondary N) is 2. The van der Waals surface area contributed by atoms with Crippen molar-refractivity contribution in [3.05, 3.63) is 77.1 Å². The molecule has 3 amide bonds. The number of rotatable bonds is 13. The Bertz CT molecular complexity index is 1560. The molecule has 1 saturated heterocycles. The number of likely N-dealkylation sites (tertiary alicyclic amines) is 1. The van der Waals surface area contributed by atoms with E-state index in [9.17, 15) is 33.9 Å². The summed E-state index contributed by atoms with van der Waals surface area (Å²) in [6.07, 6.45) is 1.08. The molecule has 0 radical (unpaired) electrons. The van der Waals surface area contributed by atoms with Crippen molar-refractivity contribution in [3.8, 4) is 0 Å². The molecule has 236 valence electrons. The summed E-state index contributed by atoms with van der Waals surface area (Å²) in [5.74, 6) is -4.53. The smallest absolute Gasteiger partial charge is 0.335 e. The van der Waals surface area contributed by atoms with Crippen LogP contribution in [0.3, 0.4) is 0 Å². The Kier molecular flexibility index (Phi) is 10.7. The molecule has 1 aromatic heterocycles. The molecular formula is C30H33N7O8. The topological polar surface area (TPSA) is 214 Å². The molecule has 1 fully saturated rings. The normalized spacial score (nSPS) is 16.2. The zero-order valence-corrected chi connectivity index (χ0v) is 24.5. The second-order valence-corrected chi connectivity index (χ2v) is 10.7. The first-order valence-corrected chi connectivity index (χ1v) is 14.3. The summed E-state index contributed by atoms with van der Waals surface area (Å²) in [6, 6.07) is 11.1. The summed E-state index contributed by atoms with van der Waals surface area (Å²) in [4.78, 5) is 76.8. The number of tetrazole rings is 1. The highest BCUT2D eigenvalue weighted by molar-refractivity contribution is 5.99. The lowest BCUT2D eigenvalue weighted by Crippen LogP contribution is -2.56. The van der Waals surface area contributed by atoms with Crippen molar-refractivity contribution >= 4 is 35.4 Å². The quantitative estimate of drug-likeness (QED) is 0.209. The van der Waals surface area contributed by atoms with E-state index in [1.54, 1.807) is 0 Å². The van der Waals surface area contributed by atoms with Gasteiger partial charge in [-0.2, -0.15) is 0 Å². The molecule has 2 heterocycles. The van der Waals surface area contributed by atoms with Crippen molar-refractivity contribution in [2.45, 2.75) is 63.7 Å². The Morgan fingerprint density at radius 3 is 2.33 bits per heavy atom. The minimum Gasteiger partial charge on any atom is -0.481 e. The van der Waals surface area contributed by atoms with Crippen LogP contribution in [-0.2, 0) is 32.1 Å². The van der Waals surface area contributed by atoms with Gasteiger partial charge in [0, 0.05) is 18.5 Å². The number of nitrogens with zero attached hydrogens (tertiary/aromatic N) is 5. The molecule has 4 N–H and O–H groups in total. The maximum atomic E-state index is 13.5. The van der Waals surface area contributed by atoms with Gasteiger partial charge in [-0.05, 0) is 66.4 Å². The van der Waals surface area contributed by atoms with Crippen LogP contribution in [0.25, 0.3) is 0 Å². The van der Waals surface area contributed by atoms with Gasteiger partial charge in [-0.15, -0.1) is 5.10 Å². The molecule has 2 aromatic carbocycles. The fourth-order valence-corrected chi connectivity index (χ4v) is 4.95. The second kappa shape index (κ2) is 14.8. The van der Waals surface area contributed by atoms with E-state index in [-0.39, 0.29) is 24.2 Å². The van der Waals surface area contributed by atoms with E-state index in [0.29, 0.717) is 31.5 Å². The molecule has 4 rings (SSSR count). The summed E-state index contributed by atoms with van der Waals surface area (Å²) in [5.41, 5.74) is 1.07. The largest absolute Gasteiger partial charge is 0.481 e. The first-order valence-electron chi connectivity index (χ1n) is 14.3. The number of carbonyl (C=O) groups excluding carboxylic acids is 4. The third kappa shape index (κ3) is 8.55. The number of hydrogen-bond acceptors (Lipinski definition) is 9. The highest BCUT2D eigenvalue weighted by Crippen LogP contribution is 2.17. The third-order valence-corrected chi connectivity index (χ3v) is 7.47. The Morgan fingerprint density at radius 1 is 0.978 bits per heavy atom. The van der Waals surface area contributed by atoms with Crippen LogP contribution in [0, 0.1) is 0 Å². The van der Waals surface area contributed by atoms with E-state index in [1.807, 2.05) is 30.3 Å². The van der Waals surface area contributed by atoms with Crippen molar-refractivity contribution < 1.29 is 39.0 Å². The van der Waals surface area contributed by atoms with Crippen molar-refractivity contribution in [3.63, 3.8) is 0 Å². The van der Waals surface area contributed by atoms with Crippen LogP contribution in [0.4, 0.5) is 0 Å². The van der Waals surface area contributed by atoms with Gasteiger partial charge in [0.25, 0.3) is 5.91 Å². The summed E-state index contributed by atoms with van der Waals surface area (Å²) >= 11 is 0. The summed E-state index contributed by atoms with van der Waals surface area (Å²) in [5, 5.41) is 35.1. The van der Waals surface area contributed by atoms with E-state index in [2.05, 4.69) is 26.2 Å². The number of carbonyl (C=O) groups is 6. The average Bonchev–Trinajstić information content (AvgIpc) is 3.36. The third-order valence-electron chi connectivity index (χ3n) is 7.47. The van der Waals surface area contributed by atoms with Gasteiger partial charge in [0.15, 0.2) is 11.6 Å². The van der Waals surface area contributed by atoms with Crippen LogP contribution in [0.15, 0.2) is 54.6 Å². The SMILES string of the molecule is CC(C(=O)NC(CC(=O)O)C(=O)Cn1nnnc1Cc1ccccc1)N1CCCC[C@H](NC(=O)c2ccc(C(=O)O)cc2)C1=O.